The van der Waals surface area contributed by atoms with Crippen LogP contribution in [0.4, 0.5) is 0 Å². The van der Waals surface area contributed by atoms with Gasteiger partial charge in [0, 0.05) is 17.6 Å². The highest BCUT2D eigenvalue weighted by Gasteiger charge is 2.07. The summed E-state index contributed by atoms with van der Waals surface area (Å²) in [6.45, 7) is 4.41. The van der Waals surface area contributed by atoms with Crippen molar-refractivity contribution in [2.45, 2.75) is 19.9 Å². The summed E-state index contributed by atoms with van der Waals surface area (Å²) in [5.41, 5.74) is 14.5. The molecule has 1 aromatic rings. The second kappa shape index (κ2) is 4.09. The summed E-state index contributed by atoms with van der Waals surface area (Å²) < 4.78 is 0. The Morgan fingerprint density at radius 3 is 2.15 bits per heavy atom. The summed E-state index contributed by atoms with van der Waals surface area (Å²) >= 11 is 6.03. The third-order valence-electron chi connectivity index (χ3n) is 2.14. The molecule has 1 atom stereocenters. The summed E-state index contributed by atoms with van der Waals surface area (Å²) in [4.78, 5) is 0. The van der Waals surface area contributed by atoms with Crippen molar-refractivity contribution in [3.63, 3.8) is 0 Å². The Morgan fingerprint density at radius 1 is 1.31 bits per heavy atom. The van der Waals surface area contributed by atoms with Gasteiger partial charge in [0.25, 0.3) is 0 Å². The second-order valence-electron chi connectivity index (χ2n) is 3.31. The molecule has 1 aromatic carbocycles. The fourth-order valence-corrected chi connectivity index (χ4v) is 1.44. The van der Waals surface area contributed by atoms with Crippen LogP contribution in [-0.4, -0.2) is 6.54 Å². The number of nitrogens with two attached hydrogens (primary N) is 2. The van der Waals surface area contributed by atoms with Gasteiger partial charge in [-0.05, 0) is 30.5 Å². The average molecular weight is 199 g/mol. The molecule has 0 radical (unpaired) electrons. The van der Waals surface area contributed by atoms with Gasteiger partial charge in [0.1, 0.15) is 0 Å². The highest BCUT2D eigenvalue weighted by molar-refractivity contribution is 6.32. The van der Waals surface area contributed by atoms with Gasteiger partial charge in [-0.1, -0.05) is 23.7 Å². The minimum atomic E-state index is -0.0883. The molecule has 0 aromatic heterocycles. The molecule has 0 aliphatic heterocycles. The Bertz CT molecular complexity index is 287. The first-order chi connectivity index (χ1) is 6.06. The van der Waals surface area contributed by atoms with E-state index in [-0.39, 0.29) is 6.04 Å². The van der Waals surface area contributed by atoms with Gasteiger partial charge in [0.15, 0.2) is 0 Å². The van der Waals surface area contributed by atoms with E-state index in [4.69, 9.17) is 23.1 Å². The first-order valence-corrected chi connectivity index (χ1v) is 4.66. The Labute approximate surface area is 83.9 Å². The smallest absolute Gasteiger partial charge is 0.0464 e. The molecule has 0 heterocycles. The van der Waals surface area contributed by atoms with Crippen LogP contribution in [0.2, 0.25) is 5.02 Å². The SMILES string of the molecule is Cc1cc([C@H](N)CN)cc(C)c1Cl. The zero-order valence-corrected chi connectivity index (χ0v) is 8.73. The molecule has 3 heteroatoms. The van der Waals surface area contributed by atoms with Crippen LogP contribution in [0.1, 0.15) is 22.7 Å². The lowest BCUT2D eigenvalue weighted by molar-refractivity contribution is 0.735. The van der Waals surface area contributed by atoms with Gasteiger partial charge in [0.2, 0.25) is 0 Å². The van der Waals surface area contributed by atoms with Gasteiger partial charge < -0.3 is 11.5 Å². The zero-order valence-electron chi connectivity index (χ0n) is 7.97. The molecular weight excluding hydrogens is 184 g/mol. The topological polar surface area (TPSA) is 52.0 Å². The predicted molar refractivity (Wildman–Crippen MR) is 56.9 cm³/mol. The number of halogens is 1. The van der Waals surface area contributed by atoms with E-state index in [0.717, 1.165) is 21.7 Å². The number of aryl methyl sites for hydroxylation is 2. The van der Waals surface area contributed by atoms with E-state index in [1.807, 2.05) is 26.0 Å². The number of hydrogen-bond donors (Lipinski definition) is 2. The van der Waals surface area contributed by atoms with Gasteiger partial charge in [-0.25, -0.2) is 0 Å². The molecule has 0 spiro atoms. The quantitative estimate of drug-likeness (QED) is 0.763. The van der Waals surface area contributed by atoms with Crippen molar-refractivity contribution in [2.24, 2.45) is 11.5 Å². The molecule has 0 saturated heterocycles. The maximum atomic E-state index is 6.03. The van der Waals surface area contributed by atoms with Crippen molar-refractivity contribution in [3.05, 3.63) is 33.8 Å². The first-order valence-electron chi connectivity index (χ1n) is 4.28. The van der Waals surface area contributed by atoms with Crippen LogP contribution in [0.15, 0.2) is 12.1 Å². The van der Waals surface area contributed by atoms with Gasteiger partial charge in [-0.15, -0.1) is 0 Å². The molecule has 0 aliphatic rings. The summed E-state index contributed by atoms with van der Waals surface area (Å²) in [7, 11) is 0. The Balaban J connectivity index is 3.13. The predicted octanol–water partition coefficient (Wildman–Crippen LogP) is 1.92. The minimum absolute atomic E-state index is 0.0883. The van der Waals surface area contributed by atoms with Gasteiger partial charge >= 0.3 is 0 Å². The summed E-state index contributed by atoms with van der Waals surface area (Å²) in [5, 5.41) is 0.813. The van der Waals surface area contributed by atoms with E-state index >= 15 is 0 Å². The van der Waals surface area contributed by atoms with Crippen molar-refractivity contribution in [1.82, 2.24) is 0 Å². The molecule has 2 nitrogen and oxygen atoms in total. The second-order valence-corrected chi connectivity index (χ2v) is 3.69. The molecule has 0 amide bonds. The number of hydrogen-bond acceptors (Lipinski definition) is 2. The van der Waals surface area contributed by atoms with Crippen LogP contribution in [0.3, 0.4) is 0 Å². The third-order valence-corrected chi connectivity index (χ3v) is 2.74. The number of rotatable bonds is 2. The average Bonchev–Trinajstić information content (AvgIpc) is 2.12. The lowest BCUT2D eigenvalue weighted by atomic mass is 10.0. The molecule has 0 fully saturated rings. The molecule has 0 bridgehead atoms. The lowest BCUT2D eigenvalue weighted by Crippen LogP contribution is -2.20. The monoisotopic (exact) mass is 198 g/mol. The van der Waals surface area contributed by atoms with Crippen LogP contribution in [0.5, 0.6) is 0 Å². The maximum Gasteiger partial charge on any atom is 0.0464 e. The van der Waals surface area contributed by atoms with E-state index in [0.29, 0.717) is 6.54 Å². The van der Waals surface area contributed by atoms with Crippen LogP contribution >= 0.6 is 11.6 Å². The largest absolute Gasteiger partial charge is 0.329 e. The molecular formula is C10H15ClN2. The highest BCUT2D eigenvalue weighted by atomic mass is 35.5. The van der Waals surface area contributed by atoms with Crippen molar-refractivity contribution < 1.29 is 0 Å². The summed E-state index contributed by atoms with van der Waals surface area (Å²) in [6, 6.07) is 3.90. The van der Waals surface area contributed by atoms with Crippen LogP contribution in [-0.2, 0) is 0 Å². The van der Waals surface area contributed by atoms with Crippen molar-refractivity contribution >= 4 is 11.6 Å². The third kappa shape index (κ3) is 2.21. The standard InChI is InChI=1S/C10H15ClN2/c1-6-3-8(9(13)5-12)4-7(2)10(6)11/h3-4,9H,5,12-13H2,1-2H3/t9-/m1/s1. The normalized spacial score (nSPS) is 13.0. The Hall–Kier alpha value is -0.570. The zero-order chi connectivity index (χ0) is 10.0. The summed E-state index contributed by atoms with van der Waals surface area (Å²) in [6.07, 6.45) is 0. The number of benzene rings is 1. The molecule has 0 aliphatic carbocycles. The van der Waals surface area contributed by atoms with Crippen LogP contribution < -0.4 is 11.5 Å². The minimum Gasteiger partial charge on any atom is -0.329 e. The fourth-order valence-electron chi connectivity index (χ4n) is 1.33. The van der Waals surface area contributed by atoms with Crippen LogP contribution in [0.25, 0.3) is 0 Å². The van der Waals surface area contributed by atoms with Crippen molar-refractivity contribution in [2.75, 3.05) is 6.54 Å². The maximum absolute atomic E-state index is 6.03. The van der Waals surface area contributed by atoms with E-state index in [9.17, 15) is 0 Å². The molecule has 1 rings (SSSR count). The lowest BCUT2D eigenvalue weighted by Gasteiger charge is -2.12. The van der Waals surface area contributed by atoms with Crippen molar-refractivity contribution in [1.29, 1.82) is 0 Å². The Morgan fingerprint density at radius 2 is 1.77 bits per heavy atom. The highest BCUT2D eigenvalue weighted by Crippen LogP contribution is 2.23. The van der Waals surface area contributed by atoms with Crippen molar-refractivity contribution in [3.8, 4) is 0 Å². The molecule has 0 saturated carbocycles. The van der Waals surface area contributed by atoms with E-state index in [1.54, 1.807) is 0 Å². The first kappa shape index (κ1) is 10.5. The molecule has 13 heavy (non-hydrogen) atoms. The molecule has 0 unspecified atom stereocenters. The Kier molecular flexibility index (Phi) is 3.31. The van der Waals surface area contributed by atoms with E-state index in [2.05, 4.69) is 0 Å². The van der Waals surface area contributed by atoms with E-state index < -0.39 is 0 Å². The summed E-state index contributed by atoms with van der Waals surface area (Å²) in [5.74, 6) is 0. The molecule has 72 valence electrons. The fraction of sp³-hybridized carbons (Fsp3) is 0.400. The van der Waals surface area contributed by atoms with Gasteiger partial charge in [0.05, 0.1) is 0 Å². The van der Waals surface area contributed by atoms with Crippen LogP contribution in [0, 0.1) is 13.8 Å². The van der Waals surface area contributed by atoms with Gasteiger partial charge in [-0.3, -0.25) is 0 Å². The van der Waals surface area contributed by atoms with Gasteiger partial charge in [-0.2, -0.15) is 0 Å². The van der Waals surface area contributed by atoms with E-state index in [1.165, 1.54) is 0 Å². The molecule has 4 N–H and O–H groups in total.